The summed E-state index contributed by atoms with van der Waals surface area (Å²) >= 11 is 0. The monoisotopic (exact) mass is 248 g/mol. The smallest absolute Gasteiger partial charge is 0.219 e. The minimum Gasteiger partial charge on any atom is -0.330 e. The van der Waals surface area contributed by atoms with E-state index in [4.69, 9.17) is 5.73 Å². The largest absolute Gasteiger partial charge is 0.330 e. The van der Waals surface area contributed by atoms with Crippen LogP contribution in [0.25, 0.3) is 0 Å². The molecule has 0 saturated carbocycles. The molecule has 1 rings (SSSR count). The molecule has 4 nitrogen and oxygen atoms in total. The van der Waals surface area contributed by atoms with E-state index in [9.17, 15) is 8.42 Å². The zero-order chi connectivity index (χ0) is 12.6. The van der Waals surface area contributed by atoms with Gasteiger partial charge in [-0.15, -0.1) is 0 Å². The van der Waals surface area contributed by atoms with E-state index in [1.54, 1.807) is 25.1 Å². The van der Waals surface area contributed by atoms with Gasteiger partial charge in [0.25, 0.3) is 0 Å². The molecule has 0 aliphatic carbocycles. The van der Waals surface area contributed by atoms with E-state index in [1.165, 1.54) is 0 Å². The molecule has 2 N–H and O–H groups in total. The Morgan fingerprint density at radius 3 is 2.38 bits per heavy atom. The molecule has 0 aromatic heterocycles. The van der Waals surface area contributed by atoms with Crippen molar-refractivity contribution in [3.8, 4) is 0 Å². The van der Waals surface area contributed by atoms with Gasteiger partial charge >= 0.3 is 0 Å². The molecule has 2 atom stereocenters. The normalized spacial score (nSPS) is 29.3. The topological polar surface area (TPSA) is 63.4 Å². The summed E-state index contributed by atoms with van der Waals surface area (Å²) in [7, 11) is -3.19. The van der Waals surface area contributed by atoms with E-state index in [0.29, 0.717) is 31.5 Å². The fraction of sp³-hybridized carbons (Fsp3) is 1.00. The molecular weight excluding hydrogens is 224 g/mol. The predicted octanol–water partition coefficient (Wildman–Crippen LogP) is 1.03. The lowest BCUT2D eigenvalue weighted by Crippen LogP contribution is -2.50. The van der Waals surface area contributed by atoms with Crippen LogP contribution in [0.15, 0.2) is 0 Å². The van der Waals surface area contributed by atoms with Crippen molar-refractivity contribution in [2.24, 2.45) is 17.6 Å². The van der Waals surface area contributed by atoms with E-state index in [-0.39, 0.29) is 0 Å². The lowest BCUT2D eigenvalue weighted by molar-refractivity contribution is 0.200. The third kappa shape index (κ3) is 2.57. The molecule has 1 aliphatic heterocycles. The Hall–Kier alpha value is -0.130. The summed E-state index contributed by atoms with van der Waals surface area (Å²) in [4.78, 5) is 0. The van der Waals surface area contributed by atoms with Crippen LogP contribution < -0.4 is 5.73 Å². The first-order valence-electron chi connectivity index (χ1n) is 5.90. The molecule has 1 saturated heterocycles. The Balaban J connectivity index is 2.84. The molecule has 0 aromatic rings. The van der Waals surface area contributed by atoms with Crippen LogP contribution in [-0.4, -0.2) is 37.1 Å². The second kappa shape index (κ2) is 4.63. The van der Waals surface area contributed by atoms with Gasteiger partial charge in [-0.3, -0.25) is 0 Å². The van der Waals surface area contributed by atoms with Gasteiger partial charge < -0.3 is 5.73 Å². The SMILES string of the molecule is CC1CCN(S(=O)(=O)C(C)(C)C)CC1CN. The molecule has 0 radical (unpaired) electrons. The lowest BCUT2D eigenvalue weighted by Gasteiger charge is -2.38. The van der Waals surface area contributed by atoms with Gasteiger partial charge in [-0.2, -0.15) is 0 Å². The molecule has 1 aliphatic rings. The minimum absolute atomic E-state index is 0.297. The van der Waals surface area contributed by atoms with Crippen molar-refractivity contribution in [3.05, 3.63) is 0 Å². The zero-order valence-electron chi connectivity index (χ0n) is 10.7. The van der Waals surface area contributed by atoms with E-state index < -0.39 is 14.8 Å². The molecule has 1 heterocycles. The Kier molecular flexibility index (Phi) is 4.03. The summed E-state index contributed by atoms with van der Waals surface area (Å²) in [6, 6.07) is 0. The van der Waals surface area contributed by atoms with Crippen LogP contribution in [0.4, 0.5) is 0 Å². The standard InChI is InChI=1S/C11H24N2O2S/c1-9-5-6-13(8-10(9)7-12)16(14,15)11(2,3)4/h9-10H,5-8,12H2,1-4H3. The first-order chi connectivity index (χ1) is 7.20. The summed E-state index contributed by atoms with van der Waals surface area (Å²) < 4.78 is 25.4. The van der Waals surface area contributed by atoms with E-state index >= 15 is 0 Å². The summed E-state index contributed by atoms with van der Waals surface area (Å²) in [6.45, 7) is 9.18. The van der Waals surface area contributed by atoms with E-state index in [1.807, 2.05) is 0 Å². The molecule has 0 aromatic carbocycles. The maximum Gasteiger partial charge on any atom is 0.219 e. The summed E-state index contributed by atoms with van der Waals surface area (Å²) in [6.07, 6.45) is 0.914. The Morgan fingerprint density at radius 1 is 1.38 bits per heavy atom. The number of hydrogen-bond acceptors (Lipinski definition) is 3. The maximum absolute atomic E-state index is 12.3. The van der Waals surface area contributed by atoms with Gasteiger partial charge in [-0.1, -0.05) is 6.92 Å². The van der Waals surface area contributed by atoms with Crippen LogP contribution in [0.3, 0.4) is 0 Å². The molecule has 5 heteroatoms. The van der Waals surface area contributed by atoms with Gasteiger partial charge in [0.2, 0.25) is 10.0 Å². The van der Waals surface area contributed by atoms with Crippen molar-refractivity contribution in [2.75, 3.05) is 19.6 Å². The van der Waals surface area contributed by atoms with Crippen molar-refractivity contribution >= 4 is 10.0 Å². The number of sulfonamides is 1. The second-order valence-corrected chi connectivity index (χ2v) is 8.43. The average molecular weight is 248 g/mol. The van der Waals surface area contributed by atoms with Gasteiger partial charge in [0.1, 0.15) is 0 Å². The van der Waals surface area contributed by atoms with Crippen LogP contribution in [0.1, 0.15) is 34.1 Å². The highest BCUT2D eigenvalue weighted by Gasteiger charge is 2.39. The molecule has 0 spiro atoms. The minimum atomic E-state index is -3.19. The molecule has 96 valence electrons. The highest BCUT2D eigenvalue weighted by Crippen LogP contribution is 2.28. The van der Waals surface area contributed by atoms with Gasteiger partial charge in [0.15, 0.2) is 0 Å². The van der Waals surface area contributed by atoms with Crippen molar-refractivity contribution in [3.63, 3.8) is 0 Å². The first kappa shape index (κ1) is 13.9. The van der Waals surface area contributed by atoms with Crippen molar-refractivity contribution < 1.29 is 8.42 Å². The Bertz CT molecular complexity index is 332. The molecule has 16 heavy (non-hydrogen) atoms. The van der Waals surface area contributed by atoms with E-state index in [2.05, 4.69) is 6.92 Å². The van der Waals surface area contributed by atoms with Crippen molar-refractivity contribution in [1.82, 2.24) is 4.31 Å². The van der Waals surface area contributed by atoms with Crippen LogP contribution in [0.2, 0.25) is 0 Å². The average Bonchev–Trinajstić information content (AvgIpc) is 2.16. The number of piperidine rings is 1. The summed E-state index contributed by atoms with van der Waals surface area (Å²) in [5.41, 5.74) is 5.69. The van der Waals surface area contributed by atoms with Gasteiger partial charge in [-0.05, 0) is 45.6 Å². The van der Waals surface area contributed by atoms with Gasteiger partial charge in [-0.25, -0.2) is 12.7 Å². The quantitative estimate of drug-likeness (QED) is 0.794. The summed E-state index contributed by atoms with van der Waals surface area (Å²) in [5.74, 6) is 0.822. The number of hydrogen-bond donors (Lipinski definition) is 1. The number of rotatable bonds is 2. The maximum atomic E-state index is 12.3. The highest BCUT2D eigenvalue weighted by molar-refractivity contribution is 7.90. The second-order valence-electron chi connectivity index (χ2n) is 5.74. The third-order valence-electron chi connectivity index (χ3n) is 3.49. The zero-order valence-corrected chi connectivity index (χ0v) is 11.5. The van der Waals surface area contributed by atoms with Gasteiger partial charge in [0, 0.05) is 13.1 Å². The molecular formula is C11H24N2O2S. The van der Waals surface area contributed by atoms with Crippen LogP contribution in [0.5, 0.6) is 0 Å². The lowest BCUT2D eigenvalue weighted by atomic mass is 9.88. The fourth-order valence-corrected chi connectivity index (χ4v) is 3.54. The van der Waals surface area contributed by atoms with Crippen LogP contribution in [-0.2, 0) is 10.0 Å². The molecule has 1 fully saturated rings. The molecule has 0 bridgehead atoms. The van der Waals surface area contributed by atoms with E-state index in [0.717, 1.165) is 6.42 Å². The number of nitrogens with zero attached hydrogens (tertiary/aromatic N) is 1. The Labute approximate surface area is 99.2 Å². The van der Waals surface area contributed by atoms with Crippen molar-refractivity contribution in [1.29, 1.82) is 0 Å². The molecule has 0 amide bonds. The Morgan fingerprint density at radius 2 is 1.94 bits per heavy atom. The highest BCUT2D eigenvalue weighted by atomic mass is 32.2. The summed E-state index contributed by atoms with van der Waals surface area (Å²) in [5, 5.41) is 0. The predicted molar refractivity (Wildman–Crippen MR) is 66.6 cm³/mol. The first-order valence-corrected chi connectivity index (χ1v) is 7.34. The van der Waals surface area contributed by atoms with Gasteiger partial charge in [0.05, 0.1) is 4.75 Å². The third-order valence-corrected chi connectivity index (χ3v) is 6.05. The fourth-order valence-electron chi connectivity index (χ4n) is 2.03. The molecule has 2 unspecified atom stereocenters. The van der Waals surface area contributed by atoms with Crippen LogP contribution in [0, 0.1) is 11.8 Å². The number of nitrogens with two attached hydrogens (primary N) is 1. The van der Waals surface area contributed by atoms with Crippen molar-refractivity contribution in [2.45, 2.75) is 38.9 Å². The van der Waals surface area contributed by atoms with Crippen LogP contribution >= 0.6 is 0 Å².